The van der Waals surface area contributed by atoms with Crippen molar-refractivity contribution in [1.29, 1.82) is 0 Å². The summed E-state index contributed by atoms with van der Waals surface area (Å²) in [5.74, 6) is 1.84. The van der Waals surface area contributed by atoms with Crippen LogP contribution in [0.1, 0.15) is 0 Å². The van der Waals surface area contributed by atoms with Crippen molar-refractivity contribution < 1.29 is 14.2 Å². The van der Waals surface area contributed by atoms with E-state index in [-0.39, 0.29) is 18.3 Å². The van der Waals surface area contributed by atoms with E-state index in [1.807, 2.05) is 18.2 Å². The van der Waals surface area contributed by atoms with Crippen LogP contribution in [0.3, 0.4) is 0 Å². The molecule has 0 N–H and O–H groups in total. The number of hydrogen-bond acceptors (Lipinski definition) is 9. The first-order valence-electron chi connectivity index (χ1n) is 10.4. The van der Waals surface area contributed by atoms with Crippen molar-refractivity contribution in [2.75, 3.05) is 73.8 Å². The monoisotopic (exact) mass is 414 g/mol. The van der Waals surface area contributed by atoms with Crippen molar-refractivity contribution in [3.05, 3.63) is 38.0 Å². The molecule has 0 bridgehead atoms. The fraction of sp³-hybridized carbons (Fsp3) is 0.571. The minimum absolute atomic E-state index is 0.210. The highest BCUT2D eigenvalue weighted by molar-refractivity contribution is 5.48. The van der Waals surface area contributed by atoms with E-state index in [0.717, 1.165) is 39.5 Å². The Morgan fingerprint density at radius 3 is 1.10 bits per heavy atom. The maximum absolute atomic E-state index is 5.43. The molecule has 3 fully saturated rings. The predicted octanol–water partition coefficient (Wildman–Crippen LogP) is 1.05. The van der Waals surface area contributed by atoms with Gasteiger partial charge < -0.3 is 28.9 Å². The van der Waals surface area contributed by atoms with Crippen LogP contribution in [0.15, 0.2) is 38.0 Å². The fourth-order valence-corrected chi connectivity index (χ4v) is 3.21. The third kappa shape index (κ3) is 5.78. The summed E-state index contributed by atoms with van der Waals surface area (Å²) < 4.78 is 16.3. The van der Waals surface area contributed by atoms with Gasteiger partial charge >= 0.3 is 0 Å². The Bertz CT molecular complexity index is 651. The topological polar surface area (TPSA) is 86.0 Å². The molecule has 0 spiro atoms. The van der Waals surface area contributed by atoms with E-state index in [1.165, 1.54) is 0 Å². The van der Waals surface area contributed by atoms with Crippen LogP contribution >= 0.6 is 0 Å². The lowest BCUT2D eigenvalue weighted by atomic mass is 10.4. The minimum Gasteiger partial charge on any atom is -0.371 e. The molecule has 9 heteroatoms. The van der Waals surface area contributed by atoms with Crippen molar-refractivity contribution in [3.8, 4) is 0 Å². The van der Waals surface area contributed by atoms with Crippen LogP contribution in [0, 0.1) is 0 Å². The predicted molar refractivity (Wildman–Crippen MR) is 116 cm³/mol. The number of rotatable bonds is 15. The second-order valence-electron chi connectivity index (χ2n) is 7.68. The summed E-state index contributed by atoms with van der Waals surface area (Å²) in [6.45, 7) is 18.0. The van der Waals surface area contributed by atoms with Crippen LogP contribution in [0.5, 0.6) is 0 Å². The van der Waals surface area contributed by atoms with Gasteiger partial charge in [-0.2, -0.15) is 15.0 Å². The summed E-state index contributed by atoms with van der Waals surface area (Å²) >= 11 is 0. The molecule has 4 heterocycles. The molecule has 3 aliphatic rings. The Labute approximate surface area is 177 Å². The van der Waals surface area contributed by atoms with E-state index in [4.69, 9.17) is 29.2 Å². The molecule has 0 aliphatic carbocycles. The molecular weight excluding hydrogens is 384 g/mol. The SMILES string of the molecule is C=CCN(CC1CO1)c1nc(N(CC=C)CC2CO2)nc(N(CC=C)CC2CO2)n1. The quantitative estimate of drug-likeness (QED) is 0.309. The average Bonchev–Trinajstić information content (AvgIpc) is 3.59. The first-order chi connectivity index (χ1) is 14.7. The summed E-state index contributed by atoms with van der Waals surface area (Å²) in [5.41, 5.74) is 0. The van der Waals surface area contributed by atoms with E-state index in [1.54, 1.807) is 0 Å². The molecule has 162 valence electrons. The summed E-state index contributed by atoms with van der Waals surface area (Å²) in [6.07, 6.45) is 6.19. The first kappa shape index (κ1) is 20.8. The lowest BCUT2D eigenvalue weighted by molar-refractivity contribution is 0.406. The van der Waals surface area contributed by atoms with Gasteiger partial charge in [0, 0.05) is 39.3 Å². The Balaban J connectivity index is 1.67. The number of hydrogen-bond donors (Lipinski definition) is 0. The molecule has 3 saturated heterocycles. The molecule has 3 unspecified atom stereocenters. The van der Waals surface area contributed by atoms with Crippen LogP contribution in [0.2, 0.25) is 0 Å². The van der Waals surface area contributed by atoms with Gasteiger partial charge in [0.1, 0.15) is 0 Å². The van der Waals surface area contributed by atoms with Gasteiger partial charge in [0.05, 0.1) is 38.1 Å². The summed E-state index contributed by atoms with van der Waals surface area (Å²) in [7, 11) is 0. The Kier molecular flexibility index (Phi) is 6.61. The fourth-order valence-electron chi connectivity index (χ4n) is 3.21. The number of nitrogens with zero attached hydrogens (tertiary/aromatic N) is 6. The van der Waals surface area contributed by atoms with E-state index >= 15 is 0 Å². The third-order valence-electron chi connectivity index (χ3n) is 4.98. The van der Waals surface area contributed by atoms with Crippen molar-refractivity contribution in [2.45, 2.75) is 18.3 Å². The van der Waals surface area contributed by atoms with Crippen LogP contribution in [0.4, 0.5) is 17.8 Å². The number of anilines is 3. The summed E-state index contributed by atoms with van der Waals surface area (Å²) in [6, 6.07) is 0. The van der Waals surface area contributed by atoms with Gasteiger partial charge in [-0.05, 0) is 0 Å². The van der Waals surface area contributed by atoms with E-state index < -0.39 is 0 Å². The maximum atomic E-state index is 5.43. The molecule has 30 heavy (non-hydrogen) atoms. The minimum atomic E-state index is 0.210. The van der Waals surface area contributed by atoms with Crippen LogP contribution in [0.25, 0.3) is 0 Å². The Morgan fingerprint density at radius 2 is 0.900 bits per heavy atom. The second-order valence-corrected chi connectivity index (χ2v) is 7.68. The number of aromatic nitrogens is 3. The zero-order valence-electron chi connectivity index (χ0n) is 17.4. The molecule has 9 nitrogen and oxygen atoms in total. The molecule has 3 aliphatic heterocycles. The van der Waals surface area contributed by atoms with Crippen LogP contribution in [-0.2, 0) is 14.2 Å². The zero-order valence-corrected chi connectivity index (χ0v) is 17.4. The first-order valence-corrected chi connectivity index (χ1v) is 10.4. The highest BCUT2D eigenvalue weighted by Crippen LogP contribution is 2.24. The Morgan fingerprint density at radius 1 is 0.633 bits per heavy atom. The van der Waals surface area contributed by atoms with Gasteiger partial charge in [0.15, 0.2) is 0 Å². The molecular formula is C21H30N6O3. The summed E-state index contributed by atoms with van der Waals surface area (Å²) in [4.78, 5) is 20.7. The zero-order chi connectivity index (χ0) is 20.9. The number of epoxide rings is 3. The maximum Gasteiger partial charge on any atom is 0.232 e. The second kappa shape index (κ2) is 9.55. The van der Waals surface area contributed by atoms with E-state index in [2.05, 4.69) is 34.4 Å². The van der Waals surface area contributed by atoms with E-state index in [0.29, 0.717) is 37.5 Å². The lowest BCUT2D eigenvalue weighted by Gasteiger charge is -2.27. The molecule has 0 aromatic carbocycles. The van der Waals surface area contributed by atoms with Crippen molar-refractivity contribution in [3.63, 3.8) is 0 Å². The largest absolute Gasteiger partial charge is 0.371 e. The molecule has 0 radical (unpaired) electrons. The van der Waals surface area contributed by atoms with Crippen LogP contribution in [-0.4, -0.2) is 92.4 Å². The van der Waals surface area contributed by atoms with Crippen LogP contribution < -0.4 is 14.7 Å². The number of ether oxygens (including phenoxy) is 3. The highest BCUT2D eigenvalue weighted by atomic mass is 16.6. The lowest BCUT2D eigenvalue weighted by Crippen LogP contribution is -2.36. The third-order valence-corrected chi connectivity index (χ3v) is 4.98. The highest BCUT2D eigenvalue weighted by Gasteiger charge is 2.31. The average molecular weight is 415 g/mol. The van der Waals surface area contributed by atoms with Gasteiger partial charge in [0.2, 0.25) is 17.8 Å². The van der Waals surface area contributed by atoms with Gasteiger partial charge in [0.25, 0.3) is 0 Å². The molecule has 3 atom stereocenters. The van der Waals surface area contributed by atoms with Crippen molar-refractivity contribution in [2.24, 2.45) is 0 Å². The summed E-state index contributed by atoms with van der Waals surface area (Å²) in [5, 5.41) is 0. The molecule has 4 rings (SSSR count). The normalized spacial score (nSPS) is 23.4. The molecule has 1 aromatic rings. The molecule has 1 aromatic heterocycles. The van der Waals surface area contributed by atoms with Crippen molar-refractivity contribution >= 4 is 17.8 Å². The van der Waals surface area contributed by atoms with Gasteiger partial charge in [-0.1, -0.05) is 18.2 Å². The Hall–Kier alpha value is -2.49. The molecule has 0 amide bonds. The molecule has 0 saturated carbocycles. The van der Waals surface area contributed by atoms with Gasteiger partial charge in [-0.15, -0.1) is 19.7 Å². The van der Waals surface area contributed by atoms with E-state index in [9.17, 15) is 0 Å². The smallest absolute Gasteiger partial charge is 0.232 e. The standard InChI is InChI=1S/C21H30N6O3/c1-4-7-25(10-16-13-28-16)19-22-20(26(8-5-2)11-17-14-29-17)24-21(23-19)27(9-6-3)12-18-15-30-18/h4-6,16-18H,1-3,7-15H2. The van der Waals surface area contributed by atoms with Gasteiger partial charge in [-0.3, -0.25) is 0 Å². The van der Waals surface area contributed by atoms with Crippen molar-refractivity contribution in [1.82, 2.24) is 15.0 Å². The van der Waals surface area contributed by atoms with Gasteiger partial charge in [-0.25, -0.2) is 0 Å².